The lowest BCUT2D eigenvalue weighted by atomic mass is 9.75. The topological polar surface area (TPSA) is 93.2 Å². The number of nitrogens with two attached hydrogens (primary N) is 1. The molecule has 0 bridgehead atoms. The molecule has 1 aliphatic carbocycles. The van der Waals surface area contributed by atoms with E-state index in [9.17, 15) is 14.9 Å². The van der Waals surface area contributed by atoms with Crippen LogP contribution in [0.4, 0.5) is 0 Å². The molecule has 27 heavy (non-hydrogen) atoms. The number of nitriles is 1. The molecule has 1 heterocycles. The quantitative estimate of drug-likeness (QED) is 0.781. The van der Waals surface area contributed by atoms with Crippen LogP contribution < -0.4 is 5.73 Å². The molecule has 0 saturated heterocycles. The van der Waals surface area contributed by atoms with Crippen molar-refractivity contribution < 1.29 is 14.3 Å². The molecule has 2 aromatic carbocycles. The number of halogens is 2. The highest BCUT2D eigenvalue weighted by Crippen LogP contribution is 2.46. The molecular weight excluding hydrogens is 387 g/mol. The van der Waals surface area contributed by atoms with Gasteiger partial charge in [-0.3, -0.25) is 9.59 Å². The second-order valence-electron chi connectivity index (χ2n) is 6.01. The molecule has 7 heteroatoms. The first kappa shape index (κ1) is 17.3. The van der Waals surface area contributed by atoms with Crippen LogP contribution in [0, 0.1) is 11.3 Å². The number of benzene rings is 2. The summed E-state index contributed by atoms with van der Waals surface area (Å²) in [5.74, 6) is -2.26. The maximum atomic E-state index is 13.2. The fourth-order valence-corrected chi connectivity index (χ4v) is 3.78. The van der Waals surface area contributed by atoms with Crippen LogP contribution in [0.5, 0.6) is 0 Å². The van der Waals surface area contributed by atoms with E-state index in [0.29, 0.717) is 5.56 Å². The summed E-state index contributed by atoms with van der Waals surface area (Å²) in [6, 6.07) is 13.3. The lowest BCUT2D eigenvalue weighted by Gasteiger charge is -2.31. The first-order valence-corrected chi connectivity index (χ1v) is 8.65. The molecule has 0 fully saturated rings. The predicted molar refractivity (Wildman–Crippen MR) is 99.2 cm³/mol. The highest BCUT2D eigenvalue weighted by molar-refractivity contribution is 6.42. The molecular formula is C20H10Cl2N2O3. The largest absolute Gasteiger partial charge is 0.436 e. The minimum absolute atomic E-state index is 0.00144. The van der Waals surface area contributed by atoms with E-state index < -0.39 is 17.5 Å². The van der Waals surface area contributed by atoms with Crippen molar-refractivity contribution in [3.05, 3.63) is 92.0 Å². The van der Waals surface area contributed by atoms with Crippen LogP contribution in [0.2, 0.25) is 10.0 Å². The fraction of sp³-hybridized carbons (Fsp3) is 0.0500. The Hall–Kier alpha value is -3.07. The lowest BCUT2D eigenvalue weighted by Crippen LogP contribution is -2.32. The summed E-state index contributed by atoms with van der Waals surface area (Å²) in [5.41, 5.74) is 6.81. The van der Waals surface area contributed by atoms with E-state index in [0.717, 1.165) is 0 Å². The van der Waals surface area contributed by atoms with Crippen molar-refractivity contribution in [1.82, 2.24) is 0 Å². The summed E-state index contributed by atoms with van der Waals surface area (Å²) in [6.07, 6.45) is 0. The van der Waals surface area contributed by atoms with Crippen LogP contribution in [0.3, 0.4) is 0 Å². The Labute approximate surface area is 164 Å². The number of hydrogen-bond donors (Lipinski definition) is 1. The summed E-state index contributed by atoms with van der Waals surface area (Å²) in [5, 5.41) is 10.1. The van der Waals surface area contributed by atoms with Gasteiger partial charge in [-0.15, -0.1) is 0 Å². The molecule has 2 N–H and O–H groups in total. The maximum absolute atomic E-state index is 13.2. The molecule has 0 radical (unpaired) electrons. The molecule has 5 nitrogen and oxygen atoms in total. The number of carbonyl (C=O) groups is 2. The number of Topliss-reactive ketones (excluding diaryl/α,β-unsaturated/α-hetero) is 2. The van der Waals surface area contributed by atoms with E-state index >= 15 is 0 Å². The number of allylic oxidation sites excluding steroid dienone is 3. The van der Waals surface area contributed by atoms with Crippen LogP contribution in [0.1, 0.15) is 32.2 Å². The van der Waals surface area contributed by atoms with Crippen molar-refractivity contribution >= 4 is 34.8 Å². The van der Waals surface area contributed by atoms with Crippen molar-refractivity contribution in [3.63, 3.8) is 0 Å². The van der Waals surface area contributed by atoms with Gasteiger partial charge in [-0.1, -0.05) is 59.6 Å². The molecule has 0 saturated carbocycles. The van der Waals surface area contributed by atoms with Crippen LogP contribution in [0.25, 0.3) is 0 Å². The Morgan fingerprint density at radius 2 is 1.67 bits per heavy atom. The minimum Gasteiger partial charge on any atom is -0.436 e. The van der Waals surface area contributed by atoms with Crippen LogP contribution >= 0.6 is 23.2 Å². The first-order chi connectivity index (χ1) is 13.0. The van der Waals surface area contributed by atoms with E-state index in [1.54, 1.807) is 42.5 Å². The number of fused-ring (bicyclic) bond motifs is 1. The van der Waals surface area contributed by atoms with Crippen molar-refractivity contribution in [3.8, 4) is 6.07 Å². The minimum atomic E-state index is -0.949. The van der Waals surface area contributed by atoms with E-state index in [1.165, 1.54) is 0 Å². The number of nitrogens with zero attached hydrogens (tertiary/aromatic N) is 1. The number of hydrogen-bond acceptors (Lipinski definition) is 5. The smallest absolute Gasteiger partial charge is 0.229 e. The predicted octanol–water partition coefficient (Wildman–Crippen LogP) is 4.13. The monoisotopic (exact) mass is 396 g/mol. The van der Waals surface area contributed by atoms with E-state index in [4.69, 9.17) is 33.7 Å². The van der Waals surface area contributed by atoms with Gasteiger partial charge in [0.1, 0.15) is 11.6 Å². The van der Waals surface area contributed by atoms with Gasteiger partial charge in [-0.05, 0) is 11.6 Å². The first-order valence-electron chi connectivity index (χ1n) is 7.89. The molecule has 2 aromatic rings. The molecule has 2 aliphatic rings. The molecule has 1 atom stereocenters. The number of ketones is 2. The summed E-state index contributed by atoms with van der Waals surface area (Å²) in [6.45, 7) is 0. The van der Waals surface area contributed by atoms with E-state index in [2.05, 4.69) is 0 Å². The highest BCUT2D eigenvalue weighted by atomic mass is 35.5. The van der Waals surface area contributed by atoms with Crippen LogP contribution in [-0.4, -0.2) is 11.6 Å². The van der Waals surface area contributed by atoms with Crippen molar-refractivity contribution in [2.45, 2.75) is 5.92 Å². The molecule has 4 rings (SSSR count). The normalized spacial score (nSPS) is 18.6. The highest BCUT2D eigenvalue weighted by Gasteiger charge is 2.44. The molecule has 0 unspecified atom stereocenters. The SMILES string of the molecule is N#CC1=C(N)OC2=C(C(=O)c3ccccc3C2=O)[C@@H]1c1cccc(Cl)c1Cl. The Morgan fingerprint density at radius 1 is 1.00 bits per heavy atom. The van der Waals surface area contributed by atoms with Crippen molar-refractivity contribution in [2.75, 3.05) is 0 Å². The van der Waals surface area contributed by atoms with E-state index in [1.807, 2.05) is 6.07 Å². The molecule has 1 aliphatic heterocycles. The third-order valence-electron chi connectivity index (χ3n) is 4.58. The Bertz CT molecular complexity index is 1140. The van der Waals surface area contributed by atoms with Gasteiger partial charge in [0.15, 0.2) is 11.5 Å². The Morgan fingerprint density at radius 3 is 2.33 bits per heavy atom. The second kappa shape index (κ2) is 6.27. The zero-order valence-electron chi connectivity index (χ0n) is 13.6. The Balaban J connectivity index is 2.02. The van der Waals surface area contributed by atoms with Crippen LogP contribution in [0.15, 0.2) is 65.3 Å². The van der Waals surface area contributed by atoms with E-state index in [-0.39, 0.29) is 44.0 Å². The Kier molecular flexibility index (Phi) is 4.03. The molecule has 0 aromatic heterocycles. The number of carbonyl (C=O) groups excluding carboxylic acids is 2. The summed E-state index contributed by atoms with van der Waals surface area (Å²) < 4.78 is 5.42. The van der Waals surface area contributed by atoms with Gasteiger partial charge in [0.05, 0.1) is 21.5 Å². The van der Waals surface area contributed by atoms with Gasteiger partial charge >= 0.3 is 0 Å². The van der Waals surface area contributed by atoms with Crippen molar-refractivity contribution in [1.29, 1.82) is 5.26 Å². The molecule has 0 amide bonds. The summed E-state index contributed by atoms with van der Waals surface area (Å²) in [4.78, 5) is 26.1. The zero-order valence-corrected chi connectivity index (χ0v) is 15.1. The van der Waals surface area contributed by atoms with Gasteiger partial charge in [-0.25, -0.2) is 0 Å². The second-order valence-corrected chi connectivity index (χ2v) is 6.80. The lowest BCUT2D eigenvalue weighted by molar-refractivity contribution is 0.0897. The molecule has 0 spiro atoms. The average molecular weight is 397 g/mol. The summed E-state index contributed by atoms with van der Waals surface area (Å²) in [7, 11) is 0. The van der Waals surface area contributed by atoms with Gasteiger partial charge in [0, 0.05) is 11.1 Å². The van der Waals surface area contributed by atoms with Crippen molar-refractivity contribution in [2.24, 2.45) is 5.73 Å². The fourth-order valence-electron chi connectivity index (χ4n) is 3.36. The maximum Gasteiger partial charge on any atom is 0.229 e. The molecule has 132 valence electrons. The third kappa shape index (κ3) is 2.46. The zero-order chi connectivity index (χ0) is 19.3. The number of ether oxygens (including phenoxy) is 1. The average Bonchev–Trinajstić information content (AvgIpc) is 2.67. The van der Waals surface area contributed by atoms with Crippen LogP contribution in [-0.2, 0) is 4.74 Å². The van der Waals surface area contributed by atoms with Gasteiger partial charge in [-0.2, -0.15) is 5.26 Å². The van der Waals surface area contributed by atoms with Gasteiger partial charge < -0.3 is 10.5 Å². The summed E-state index contributed by atoms with van der Waals surface area (Å²) >= 11 is 12.5. The standard InChI is InChI=1S/C20H10Cl2N2O3/c21-13-7-3-6-11(16(13)22)14-12(8-23)20(24)27-19-15(14)17(25)9-4-1-2-5-10(9)18(19)26/h1-7,14H,24H2/t14-/m1/s1. The van der Waals surface area contributed by atoms with Gasteiger partial charge in [0.2, 0.25) is 11.7 Å². The van der Waals surface area contributed by atoms with Gasteiger partial charge in [0.25, 0.3) is 0 Å². The number of rotatable bonds is 1. The third-order valence-corrected chi connectivity index (χ3v) is 5.41.